The van der Waals surface area contributed by atoms with Crippen molar-refractivity contribution in [3.8, 4) is 5.88 Å². The van der Waals surface area contributed by atoms with Crippen LogP contribution >= 0.6 is 0 Å². The van der Waals surface area contributed by atoms with Crippen molar-refractivity contribution in [1.29, 1.82) is 0 Å². The first kappa shape index (κ1) is 68.5. The molecule has 9 aromatic carbocycles. The predicted octanol–water partition coefficient (Wildman–Crippen LogP) is 14.5. The Labute approximate surface area is 579 Å². The molecule has 14 rings (SSSR count). The van der Waals surface area contributed by atoms with Gasteiger partial charge in [0.2, 0.25) is 17.5 Å². The molecule has 5 heterocycles. The summed E-state index contributed by atoms with van der Waals surface area (Å²) in [5.41, 5.74) is 7.41. The summed E-state index contributed by atoms with van der Waals surface area (Å²) in [4.78, 5) is 62.3. The van der Waals surface area contributed by atoms with Gasteiger partial charge in [0.05, 0.1) is 25.6 Å². The van der Waals surface area contributed by atoms with E-state index >= 15 is 0 Å². The summed E-state index contributed by atoms with van der Waals surface area (Å²) in [6.45, 7) is 4.20. The summed E-state index contributed by atoms with van der Waals surface area (Å²) in [7, 11) is 0. The van der Waals surface area contributed by atoms with Crippen LogP contribution in [0.1, 0.15) is 107 Å². The van der Waals surface area contributed by atoms with E-state index in [1.807, 2.05) is 187 Å². The van der Waals surface area contributed by atoms with Crippen LogP contribution in [0.2, 0.25) is 0 Å². The molecular formula is C82H72N10O8. The minimum absolute atomic E-state index is 0.113. The number of esters is 2. The molecular weight excluding hydrogens is 1250 g/mol. The number of aromatic amines is 1. The summed E-state index contributed by atoms with van der Waals surface area (Å²) in [5.74, 6) is 0.0434. The number of aromatic nitrogens is 10. The second-order valence-electron chi connectivity index (χ2n) is 22.3. The van der Waals surface area contributed by atoms with Crippen molar-refractivity contribution in [1.82, 2.24) is 48.6 Å². The topological polar surface area (TPSA) is 227 Å². The van der Waals surface area contributed by atoms with Crippen LogP contribution in [0.4, 0.5) is 0 Å². The van der Waals surface area contributed by atoms with Gasteiger partial charge < -0.3 is 43.1 Å². The Hall–Kier alpha value is -12.9. The number of carboxylic acid groups (broad SMARTS) is 1. The number of imidazole rings is 4. The van der Waals surface area contributed by atoms with Crippen molar-refractivity contribution in [3.05, 3.63) is 414 Å². The van der Waals surface area contributed by atoms with E-state index < -0.39 is 34.5 Å². The molecule has 5 aromatic heterocycles. The maximum atomic E-state index is 12.8. The van der Waals surface area contributed by atoms with Crippen LogP contribution in [0.3, 0.4) is 0 Å². The number of carboxylic acids is 1. The fraction of sp³-hybridized carbons (Fsp3) is 0.110. The van der Waals surface area contributed by atoms with Crippen LogP contribution < -0.4 is 4.74 Å². The number of benzene rings is 9. The normalized spacial score (nSPS) is 11.1. The molecule has 0 aliphatic carbocycles. The van der Waals surface area contributed by atoms with Gasteiger partial charge in [-0.25, -0.2) is 44.3 Å². The first-order valence-electron chi connectivity index (χ1n) is 32.4. The lowest BCUT2D eigenvalue weighted by Gasteiger charge is -2.38. The number of carbonyl (C=O) groups is 3. The molecule has 0 saturated carbocycles. The van der Waals surface area contributed by atoms with E-state index in [-0.39, 0.29) is 36.4 Å². The molecule has 100 heavy (non-hydrogen) atoms. The number of aliphatic hydroxyl groups excluding tert-OH is 1. The van der Waals surface area contributed by atoms with E-state index in [9.17, 15) is 19.5 Å². The number of aromatic carboxylic acids is 1. The first-order chi connectivity index (χ1) is 49.2. The third kappa shape index (κ3) is 14.6. The van der Waals surface area contributed by atoms with Crippen molar-refractivity contribution in [2.45, 2.75) is 43.7 Å². The number of nitrogens with one attached hydrogen (secondary N) is 1. The minimum atomic E-state index is -1.14. The van der Waals surface area contributed by atoms with E-state index in [0.717, 1.165) is 50.1 Å². The average Bonchev–Trinajstić information content (AvgIpc) is 1.24. The summed E-state index contributed by atoms with van der Waals surface area (Å²) in [6, 6.07) is 92.5. The van der Waals surface area contributed by atoms with Gasteiger partial charge in [-0.2, -0.15) is 0 Å². The van der Waals surface area contributed by atoms with Gasteiger partial charge in [-0.15, -0.1) is 0 Å². The number of carbonyl (C=O) groups excluding carboxylic acids is 2. The summed E-state index contributed by atoms with van der Waals surface area (Å²) in [5, 5.41) is 19.0. The summed E-state index contributed by atoms with van der Waals surface area (Å²) in [6.07, 6.45) is 16.4. The number of aliphatic hydroxyl groups is 1. The molecule has 0 aliphatic rings. The van der Waals surface area contributed by atoms with Crippen LogP contribution in [0.15, 0.2) is 335 Å². The molecule has 0 bridgehead atoms. The zero-order valence-corrected chi connectivity index (χ0v) is 55.0. The number of hydrogen-bond donors (Lipinski definition) is 3. The van der Waals surface area contributed by atoms with E-state index in [1.165, 1.54) is 18.6 Å². The number of rotatable bonds is 21. The van der Waals surface area contributed by atoms with Gasteiger partial charge >= 0.3 is 17.9 Å². The molecule has 0 saturated heterocycles. The van der Waals surface area contributed by atoms with Crippen LogP contribution in [0, 0.1) is 0 Å². The van der Waals surface area contributed by atoms with Crippen molar-refractivity contribution in [3.63, 3.8) is 0 Å². The maximum absolute atomic E-state index is 12.8. The van der Waals surface area contributed by atoms with Crippen molar-refractivity contribution < 1.29 is 38.8 Å². The van der Waals surface area contributed by atoms with Crippen LogP contribution in [0.5, 0.6) is 5.88 Å². The zero-order valence-electron chi connectivity index (χ0n) is 55.0. The fourth-order valence-electron chi connectivity index (χ4n) is 12.5. The summed E-state index contributed by atoms with van der Waals surface area (Å²) < 4.78 is 22.0. The number of ether oxygens (including phenoxy) is 3. The molecule has 18 nitrogen and oxygen atoms in total. The van der Waals surface area contributed by atoms with Crippen molar-refractivity contribution in [2.75, 3.05) is 13.2 Å². The highest BCUT2D eigenvalue weighted by molar-refractivity contribution is 5.86. The van der Waals surface area contributed by atoms with Gasteiger partial charge in [-0.3, -0.25) is 0 Å². The van der Waals surface area contributed by atoms with Crippen LogP contribution in [0.25, 0.3) is 0 Å². The minimum Gasteiger partial charge on any atom is -0.476 e. The second-order valence-corrected chi connectivity index (χ2v) is 22.3. The third-order valence-corrected chi connectivity index (χ3v) is 16.6. The Morgan fingerprint density at radius 2 is 0.720 bits per heavy atom. The third-order valence-electron chi connectivity index (χ3n) is 16.6. The number of hydrogen-bond acceptors (Lipinski definition) is 13. The van der Waals surface area contributed by atoms with Gasteiger partial charge in [0.25, 0.3) is 0 Å². The van der Waals surface area contributed by atoms with Crippen LogP contribution in [-0.2, 0) is 39.3 Å². The lowest BCUT2D eigenvalue weighted by atomic mass is 9.76. The largest absolute Gasteiger partial charge is 0.476 e. The van der Waals surface area contributed by atoms with E-state index in [4.69, 9.17) is 14.6 Å². The van der Waals surface area contributed by atoms with Gasteiger partial charge in [-0.1, -0.05) is 273 Å². The first-order valence-corrected chi connectivity index (χ1v) is 32.4. The Kier molecular flexibility index (Phi) is 22.7. The highest BCUT2D eigenvalue weighted by Crippen LogP contribution is 2.45. The molecule has 0 spiro atoms. The van der Waals surface area contributed by atoms with Gasteiger partial charge in [0.15, 0.2) is 5.69 Å². The fourth-order valence-corrected chi connectivity index (χ4v) is 12.5. The van der Waals surface area contributed by atoms with Gasteiger partial charge in [-0.05, 0) is 63.9 Å². The molecule has 0 aliphatic heterocycles. The second kappa shape index (κ2) is 33.2. The highest BCUT2D eigenvalue weighted by Gasteiger charge is 2.43. The molecule has 0 atom stereocenters. The number of nitrogens with zero attached hydrogens (tertiary/aromatic N) is 9. The molecule has 498 valence electrons. The zero-order chi connectivity index (χ0) is 69.4. The predicted molar refractivity (Wildman–Crippen MR) is 380 cm³/mol. The molecule has 0 fully saturated rings. The molecule has 0 unspecified atom stereocenters. The molecule has 0 amide bonds. The quantitative estimate of drug-likeness (QED) is 0.0449. The Morgan fingerprint density at radius 3 is 1.04 bits per heavy atom. The number of H-pyrrole nitrogens is 1. The van der Waals surface area contributed by atoms with Gasteiger partial charge in [0, 0.05) is 49.6 Å². The SMILES string of the molecule is CCOC(=O)c1ncc[nH]1.CCOC(=O)c1nccn1C(c1ccccc1)(c1ccccc1)c1ccccc1.O=C(O)c1cnc(OCc2nccn2C(c2ccccc2)(c2ccccc2)c2ccccc2)cn1.OCc1nccn1C(c1ccccc1)(c1ccccc1)c1ccccc1. The maximum Gasteiger partial charge on any atom is 0.374 e. The monoisotopic (exact) mass is 1320 g/mol. The van der Waals surface area contributed by atoms with Crippen molar-refractivity contribution >= 4 is 17.9 Å². The lowest BCUT2D eigenvalue weighted by molar-refractivity contribution is 0.0497. The highest BCUT2D eigenvalue weighted by atomic mass is 16.5. The molecule has 14 aromatic rings. The standard InChI is InChI=1S/C28H22N4O3.C25H22N2O2.C23H20N2O.C6H8N2O2/c33-27(34)24-18-31-26(19-30-24)35-20-25-29-16-17-32(25)28(21-10-4-1-5-11-21,22-12-6-2-7-13-22)23-14-8-3-9-15-23;1-2-29-24(28)23-26-18-19-27(23)25(20-12-6-3-7-13-20,21-14-8-4-9-15-21)22-16-10-5-11-17-22;26-18-22-24-16-17-25(22)23(19-10-4-1-5-11-19,20-12-6-2-7-13-20)21-14-8-3-9-15-21;1-2-10-6(9)5-7-3-4-8-5/h1-19H,20H2,(H,33,34);3-19H,2H2,1H3;1-17,26H,18H2;3-4H,2H2,1H3,(H,7,8). The van der Waals surface area contributed by atoms with Crippen molar-refractivity contribution in [2.24, 2.45) is 0 Å². The van der Waals surface area contributed by atoms with Crippen LogP contribution in [-0.4, -0.2) is 89.9 Å². The lowest BCUT2D eigenvalue weighted by Crippen LogP contribution is -2.39. The molecule has 0 radical (unpaired) electrons. The Morgan fingerprint density at radius 1 is 0.390 bits per heavy atom. The van der Waals surface area contributed by atoms with E-state index in [1.54, 1.807) is 38.6 Å². The van der Waals surface area contributed by atoms with E-state index in [0.29, 0.717) is 24.9 Å². The summed E-state index contributed by atoms with van der Waals surface area (Å²) >= 11 is 0. The smallest absolute Gasteiger partial charge is 0.374 e. The van der Waals surface area contributed by atoms with E-state index in [2.05, 4.69) is 158 Å². The van der Waals surface area contributed by atoms with Gasteiger partial charge in [0.1, 0.15) is 41.5 Å². The Balaban J connectivity index is 0.000000142. The molecule has 3 N–H and O–H groups in total. The average molecular weight is 1330 g/mol. The Bertz CT molecular complexity index is 4490. The molecule has 18 heteroatoms.